The Bertz CT molecular complexity index is 1230. The fraction of sp³-hybridized carbons (Fsp3) is 0.143. The number of hydrogen-bond donors (Lipinski definition) is 0. The van der Waals surface area contributed by atoms with Gasteiger partial charge >= 0.3 is 0 Å². The number of hydrogen-bond acceptors (Lipinski definition) is 4. The average molecular weight is 490 g/mol. The third kappa shape index (κ3) is 4.62. The first-order valence-corrected chi connectivity index (χ1v) is 14.9. The normalized spacial score (nSPS) is 14.5. The van der Waals surface area contributed by atoms with E-state index in [0.717, 1.165) is 10.6 Å². The number of rotatable bonds is 9. The molecule has 4 aromatic rings. The van der Waals surface area contributed by atoms with Crippen LogP contribution in [0.1, 0.15) is 0 Å². The Morgan fingerprint density at radius 3 is 1.18 bits per heavy atom. The van der Waals surface area contributed by atoms with Crippen molar-refractivity contribution in [2.75, 3.05) is 26.5 Å². The summed E-state index contributed by atoms with van der Waals surface area (Å²) >= 11 is 0. The zero-order valence-electron chi connectivity index (χ0n) is 19.3. The lowest BCUT2D eigenvalue weighted by Crippen LogP contribution is -2.26. The molecule has 4 nitrogen and oxygen atoms in total. The fourth-order valence-corrected chi connectivity index (χ4v) is 11.1. The van der Waals surface area contributed by atoms with Gasteiger partial charge in [0.05, 0.1) is 24.8 Å². The molecular formula is C28H28O4P2. The summed E-state index contributed by atoms with van der Waals surface area (Å²) in [7, 11) is -3.19. The van der Waals surface area contributed by atoms with Crippen LogP contribution in [-0.4, -0.2) is 26.5 Å². The molecule has 0 aliphatic carbocycles. The Balaban J connectivity index is 1.86. The summed E-state index contributed by atoms with van der Waals surface area (Å²) in [6.07, 6.45) is 0.448. The van der Waals surface area contributed by atoms with Crippen molar-refractivity contribution >= 4 is 35.5 Å². The Hall–Kier alpha value is -3.06. The second kappa shape index (κ2) is 10.5. The van der Waals surface area contributed by atoms with Gasteiger partial charge in [0.25, 0.3) is 0 Å². The fourth-order valence-electron chi connectivity index (χ4n) is 4.25. The van der Waals surface area contributed by atoms with Crippen LogP contribution in [0.2, 0.25) is 0 Å². The monoisotopic (exact) mass is 490 g/mol. The maximum absolute atomic E-state index is 14.8. The quantitative estimate of drug-likeness (QED) is 0.309. The van der Waals surface area contributed by atoms with Gasteiger partial charge in [-0.3, -0.25) is 0 Å². The number of methoxy groups -OCH3 is 2. The molecule has 0 amide bonds. The zero-order chi connectivity index (χ0) is 24.0. The van der Waals surface area contributed by atoms with Crippen molar-refractivity contribution in [1.82, 2.24) is 0 Å². The first kappa shape index (κ1) is 24.1. The first-order valence-electron chi connectivity index (χ1n) is 11.1. The van der Waals surface area contributed by atoms with Crippen molar-refractivity contribution in [3.8, 4) is 11.5 Å². The third-order valence-corrected chi connectivity index (χ3v) is 12.6. The van der Waals surface area contributed by atoms with E-state index in [2.05, 4.69) is 0 Å². The third-order valence-electron chi connectivity index (χ3n) is 6.02. The van der Waals surface area contributed by atoms with Crippen LogP contribution < -0.4 is 30.7 Å². The zero-order valence-corrected chi connectivity index (χ0v) is 21.1. The molecule has 4 aromatic carbocycles. The van der Waals surface area contributed by atoms with E-state index in [1.807, 2.05) is 109 Å². The summed E-state index contributed by atoms with van der Waals surface area (Å²) in [6, 6.07) is 33.7. The van der Waals surface area contributed by atoms with Crippen LogP contribution in [0, 0.1) is 0 Å². The highest BCUT2D eigenvalue weighted by Crippen LogP contribution is 2.53. The molecule has 0 aliphatic heterocycles. The maximum Gasteiger partial charge on any atom is 0.147 e. The van der Waals surface area contributed by atoms with Crippen molar-refractivity contribution in [1.29, 1.82) is 0 Å². The van der Waals surface area contributed by atoms with Crippen molar-refractivity contribution in [3.05, 3.63) is 109 Å². The Morgan fingerprint density at radius 2 is 0.824 bits per heavy atom. The molecule has 0 fully saturated rings. The molecule has 0 radical (unpaired) electrons. The summed E-state index contributed by atoms with van der Waals surface area (Å²) in [5.74, 6) is 1.14. The van der Waals surface area contributed by atoms with Crippen LogP contribution in [0.4, 0.5) is 0 Å². The van der Waals surface area contributed by atoms with Crippen molar-refractivity contribution in [3.63, 3.8) is 0 Å². The van der Waals surface area contributed by atoms with E-state index >= 15 is 0 Å². The Kier molecular flexibility index (Phi) is 7.41. The minimum Gasteiger partial charge on any atom is -0.496 e. The second-order valence-corrected chi connectivity index (χ2v) is 13.8. The number of benzene rings is 4. The largest absolute Gasteiger partial charge is 0.496 e. The smallest absolute Gasteiger partial charge is 0.147 e. The molecule has 0 spiro atoms. The molecule has 2 atom stereocenters. The molecule has 0 aromatic heterocycles. The van der Waals surface area contributed by atoms with Crippen LogP contribution in [0.15, 0.2) is 109 Å². The minimum atomic E-state index is -3.18. The van der Waals surface area contributed by atoms with Crippen LogP contribution in [0.3, 0.4) is 0 Å². The van der Waals surface area contributed by atoms with Crippen LogP contribution in [0.25, 0.3) is 0 Å². The maximum atomic E-state index is 14.8. The van der Waals surface area contributed by atoms with Crippen molar-refractivity contribution < 1.29 is 18.6 Å². The van der Waals surface area contributed by atoms with E-state index in [1.165, 1.54) is 0 Å². The van der Waals surface area contributed by atoms with Gasteiger partial charge in [0.15, 0.2) is 0 Å². The molecule has 174 valence electrons. The topological polar surface area (TPSA) is 52.6 Å². The SMILES string of the molecule is COc1ccccc1P(=O)(CCP(=O)(c1ccccc1)c1ccccc1OC)c1ccccc1. The first-order chi connectivity index (χ1) is 16.5. The van der Waals surface area contributed by atoms with E-state index in [9.17, 15) is 9.13 Å². The molecule has 4 rings (SSSR count). The number of para-hydroxylation sites is 2. The molecule has 6 heteroatoms. The molecule has 0 heterocycles. The molecule has 0 aliphatic rings. The van der Waals surface area contributed by atoms with Crippen molar-refractivity contribution in [2.24, 2.45) is 0 Å². The predicted octanol–water partition coefficient (Wildman–Crippen LogP) is 5.03. The Morgan fingerprint density at radius 1 is 0.500 bits per heavy atom. The summed E-state index contributed by atoms with van der Waals surface area (Å²) in [4.78, 5) is 0. The second-order valence-electron chi connectivity index (χ2n) is 7.94. The van der Waals surface area contributed by atoms with Crippen LogP contribution in [-0.2, 0) is 9.13 Å². The van der Waals surface area contributed by atoms with Gasteiger partial charge in [-0.1, -0.05) is 84.9 Å². The lowest BCUT2D eigenvalue weighted by molar-refractivity contribution is 0.417. The van der Waals surface area contributed by atoms with Gasteiger partial charge in [0, 0.05) is 22.9 Å². The summed E-state index contributed by atoms with van der Waals surface area (Å²) in [6.45, 7) is 0. The van der Waals surface area contributed by atoms with E-state index in [4.69, 9.17) is 9.47 Å². The lowest BCUT2D eigenvalue weighted by Gasteiger charge is -2.26. The highest BCUT2D eigenvalue weighted by Gasteiger charge is 2.36. The van der Waals surface area contributed by atoms with Gasteiger partial charge in [0.1, 0.15) is 25.8 Å². The standard InChI is InChI=1S/C28H28O4P2/c1-31-25-17-9-11-19-27(25)33(29,23-13-5-3-6-14-23)21-22-34(30,24-15-7-4-8-16-24)28-20-12-10-18-26(28)32-2/h3-20H,21-22H2,1-2H3. The van der Waals surface area contributed by atoms with Gasteiger partial charge in [-0.15, -0.1) is 0 Å². The van der Waals surface area contributed by atoms with Crippen LogP contribution in [0.5, 0.6) is 11.5 Å². The van der Waals surface area contributed by atoms with E-state index < -0.39 is 14.3 Å². The summed E-state index contributed by atoms with van der Waals surface area (Å²) < 4.78 is 40.8. The van der Waals surface area contributed by atoms with Gasteiger partial charge in [0.2, 0.25) is 0 Å². The van der Waals surface area contributed by atoms with Gasteiger partial charge < -0.3 is 18.6 Å². The highest BCUT2D eigenvalue weighted by atomic mass is 31.2. The van der Waals surface area contributed by atoms with Crippen molar-refractivity contribution in [2.45, 2.75) is 0 Å². The summed E-state index contributed by atoms with van der Waals surface area (Å²) in [5.41, 5.74) is 0. The van der Waals surface area contributed by atoms with Crippen LogP contribution >= 0.6 is 14.3 Å². The van der Waals surface area contributed by atoms with Gasteiger partial charge in [-0.25, -0.2) is 0 Å². The van der Waals surface area contributed by atoms with E-state index in [0.29, 0.717) is 22.1 Å². The molecule has 34 heavy (non-hydrogen) atoms. The molecule has 0 saturated carbocycles. The molecule has 0 bridgehead atoms. The van der Waals surface area contributed by atoms with E-state index in [-0.39, 0.29) is 12.3 Å². The van der Waals surface area contributed by atoms with Gasteiger partial charge in [-0.2, -0.15) is 0 Å². The molecule has 0 N–H and O–H groups in total. The highest BCUT2D eigenvalue weighted by molar-refractivity contribution is 7.82. The number of ether oxygens (including phenoxy) is 2. The average Bonchev–Trinajstić information content (AvgIpc) is 2.92. The predicted molar refractivity (Wildman–Crippen MR) is 142 cm³/mol. The molecule has 0 saturated heterocycles. The molecular weight excluding hydrogens is 462 g/mol. The van der Waals surface area contributed by atoms with Gasteiger partial charge in [-0.05, 0) is 24.3 Å². The lowest BCUT2D eigenvalue weighted by atomic mass is 10.3. The minimum absolute atomic E-state index is 0.224. The van der Waals surface area contributed by atoms with E-state index in [1.54, 1.807) is 14.2 Å². The Labute approximate surface area is 201 Å². The summed E-state index contributed by atoms with van der Waals surface area (Å²) in [5, 5.41) is 2.73. The molecule has 2 unspecified atom stereocenters.